The molecule has 1 fully saturated rings. The highest BCUT2D eigenvalue weighted by Gasteiger charge is 2.24. The van der Waals surface area contributed by atoms with Crippen molar-refractivity contribution >= 4 is 40.9 Å². The zero-order valence-corrected chi connectivity index (χ0v) is 18.6. The van der Waals surface area contributed by atoms with Crippen LogP contribution < -0.4 is 10.2 Å². The Morgan fingerprint density at radius 2 is 1.90 bits per heavy atom. The van der Waals surface area contributed by atoms with Crippen molar-refractivity contribution in [2.75, 3.05) is 29.1 Å². The fourth-order valence-corrected chi connectivity index (χ4v) is 4.47. The molecule has 1 saturated heterocycles. The van der Waals surface area contributed by atoms with Crippen LogP contribution in [0.3, 0.4) is 0 Å². The standard InChI is InChI=1S/C22H24ClN5OS/c1-15-9-10-16(2)18(13-15)24-20(29)14-30-22-26-25-21(27-11-5-6-12-27)28(22)19-8-4-3-7-17(19)23/h3-4,7-10,13H,5-6,11-12,14H2,1-2H3,(H,24,29). The molecule has 1 aliphatic heterocycles. The number of halogens is 1. The number of benzene rings is 2. The predicted molar refractivity (Wildman–Crippen MR) is 123 cm³/mol. The minimum Gasteiger partial charge on any atom is -0.341 e. The van der Waals surface area contributed by atoms with Gasteiger partial charge in [0, 0.05) is 18.8 Å². The molecule has 3 aromatic rings. The number of rotatable bonds is 6. The highest BCUT2D eigenvalue weighted by Crippen LogP contribution is 2.32. The van der Waals surface area contributed by atoms with E-state index in [9.17, 15) is 4.79 Å². The largest absolute Gasteiger partial charge is 0.341 e. The molecule has 1 aliphatic rings. The zero-order chi connectivity index (χ0) is 21.1. The van der Waals surface area contributed by atoms with Gasteiger partial charge in [0.1, 0.15) is 0 Å². The fourth-order valence-electron chi connectivity index (χ4n) is 3.51. The Morgan fingerprint density at radius 1 is 1.13 bits per heavy atom. The number of aryl methyl sites for hydroxylation is 2. The van der Waals surface area contributed by atoms with Crippen LogP contribution in [0.2, 0.25) is 5.02 Å². The van der Waals surface area contributed by atoms with Crippen molar-refractivity contribution in [2.45, 2.75) is 31.8 Å². The Balaban J connectivity index is 1.56. The number of hydrogen-bond acceptors (Lipinski definition) is 5. The molecule has 8 heteroatoms. The van der Waals surface area contributed by atoms with Gasteiger partial charge in [0.25, 0.3) is 0 Å². The van der Waals surface area contributed by atoms with E-state index in [0.29, 0.717) is 10.2 Å². The predicted octanol–water partition coefficient (Wildman–Crippen LogP) is 4.87. The van der Waals surface area contributed by atoms with E-state index in [1.165, 1.54) is 11.8 Å². The Bertz CT molecular complexity index is 1060. The number of carbonyl (C=O) groups excluding carboxylic acids is 1. The molecule has 2 aromatic carbocycles. The van der Waals surface area contributed by atoms with Gasteiger partial charge < -0.3 is 10.2 Å². The van der Waals surface area contributed by atoms with Crippen LogP contribution in [0.15, 0.2) is 47.6 Å². The number of thioether (sulfide) groups is 1. The van der Waals surface area contributed by atoms with Crippen LogP contribution in [-0.4, -0.2) is 39.5 Å². The van der Waals surface area contributed by atoms with Crippen molar-refractivity contribution in [2.24, 2.45) is 0 Å². The summed E-state index contributed by atoms with van der Waals surface area (Å²) < 4.78 is 1.96. The van der Waals surface area contributed by atoms with Crippen LogP contribution in [0.5, 0.6) is 0 Å². The minimum absolute atomic E-state index is 0.0786. The molecule has 0 atom stereocenters. The van der Waals surface area contributed by atoms with Crippen LogP contribution in [0.25, 0.3) is 5.69 Å². The number of amides is 1. The van der Waals surface area contributed by atoms with Crippen molar-refractivity contribution in [3.63, 3.8) is 0 Å². The Morgan fingerprint density at radius 3 is 2.67 bits per heavy atom. The molecule has 0 bridgehead atoms. The van der Waals surface area contributed by atoms with Gasteiger partial charge in [0.2, 0.25) is 11.9 Å². The molecule has 1 aromatic heterocycles. The normalized spacial score (nSPS) is 13.6. The molecule has 4 rings (SSSR count). The maximum atomic E-state index is 12.6. The van der Waals surface area contributed by atoms with Gasteiger partial charge in [-0.1, -0.05) is 47.6 Å². The van der Waals surface area contributed by atoms with Gasteiger partial charge in [-0.05, 0) is 56.0 Å². The lowest BCUT2D eigenvalue weighted by Gasteiger charge is -2.19. The van der Waals surface area contributed by atoms with E-state index < -0.39 is 0 Å². The molecule has 2 heterocycles. The monoisotopic (exact) mass is 441 g/mol. The lowest BCUT2D eigenvalue weighted by Crippen LogP contribution is -2.22. The molecule has 0 saturated carbocycles. The third kappa shape index (κ3) is 4.47. The number of aromatic nitrogens is 3. The van der Waals surface area contributed by atoms with Gasteiger partial charge in [-0.25, -0.2) is 0 Å². The second kappa shape index (κ2) is 9.10. The number of carbonyl (C=O) groups is 1. The van der Waals surface area contributed by atoms with E-state index >= 15 is 0 Å². The summed E-state index contributed by atoms with van der Waals surface area (Å²) in [5.41, 5.74) is 3.81. The molecule has 0 spiro atoms. The first-order chi connectivity index (χ1) is 14.5. The van der Waals surface area contributed by atoms with E-state index in [2.05, 4.69) is 20.4 Å². The van der Waals surface area contributed by atoms with Crippen LogP contribution in [0.4, 0.5) is 11.6 Å². The number of nitrogens with one attached hydrogen (secondary N) is 1. The first kappa shape index (κ1) is 20.8. The summed E-state index contributed by atoms with van der Waals surface area (Å²) in [6.07, 6.45) is 2.27. The number of anilines is 2. The van der Waals surface area contributed by atoms with Crippen molar-refractivity contribution in [1.82, 2.24) is 14.8 Å². The van der Waals surface area contributed by atoms with Gasteiger partial charge >= 0.3 is 0 Å². The smallest absolute Gasteiger partial charge is 0.234 e. The van der Waals surface area contributed by atoms with Gasteiger partial charge in [0.05, 0.1) is 16.5 Å². The van der Waals surface area contributed by atoms with Crippen molar-refractivity contribution < 1.29 is 4.79 Å². The Hall–Kier alpha value is -2.51. The van der Waals surface area contributed by atoms with Crippen LogP contribution in [0, 0.1) is 13.8 Å². The summed E-state index contributed by atoms with van der Waals surface area (Å²) in [5.74, 6) is 0.929. The fraction of sp³-hybridized carbons (Fsp3) is 0.318. The van der Waals surface area contributed by atoms with E-state index in [4.69, 9.17) is 11.6 Å². The minimum atomic E-state index is -0.0786. The summed E-state index contributed by atoms with van der Waals surface area (Å²) in [4.78, 5) is 14.8. The maximum Gasteiger partial charge on any atom is 0.234 e. The van der Waals surface area contributed by atoms with E-state index in [-0.39, 0.29) is 11.7 Å². The van der Waals surface area contributed by atoms with Crippen LogP contribution in [0.1, 0.15) is 24.0 Å². The van der Waals surface area contributed by atoms with Gasteiger partial charge in [0.15, 0.2) is 5.16 Å². The lowest BCUT2D eigenvalue weighted by atomic mass is 10.1. The number of hydrogen-bond donors (Lipinski definition) is 1. The van der Waals surface area contributed by atoms with Gasteiger partial charge in [-0.15, -0.1) is 10.2 Å². The second-order valence-corrected chi connectivity index (χ2v) is 8.77. The topological polar surface area (TPSA) is 63.1 Å². The molecule has 6 nitrogen and oxygen atoms in total. The molecule has 156 valence electrons. The first-order valence-corrected chi connectivity index (χ1v) is 11.3. The summed E-state index contributed by atoms with van der Waals surface area (Å²) in [6.45, 7) is 5.88. The van der Waals surface area contributed by atoms with E-state index in [0.717, 1.165) is 54.4 Å². The van der Waals surface area contributed by atoms with E-state index in [1.807, 2.05) is 60.9 Å². The average Bonchev–Trinajstić information content (AvgIpc) is 3.39. The SMILES string of the molecule is Cc1ccc(C)c(NC(=O)CSc2nnc(N3CCCC3)n2-c2ccccc2Cl)c1. The molecular weight excluding hydrogens is 418 g/mol. The van der Waals surface area contributed by atoms with Crippen LogP contribution >= 0.6 is 23.4 Å². The van der Waals surface area contributed by atoms with Gasteiger partial charge in [-0.2, -0.15) is 0 Å². The molecule has 30 heavy (non-hydrogen) atoms. The second-order valence-electron chi connectivity index (χ2n) is 7.42. The molecule has 1 amide bonds. The molecule has 0 aliphatic carbocycles. The molecular formula is C22H24ClN5OS. The lowest BCUT2D eigenvalue weighted by molar-refractivity contribution is -0.113. The molecule has 0 radical (unpaired) electrons. The van der Waals surface area contributed by atoms with Crippen LogP contribution in [-0.2, 0) is 4.79 Å². The third-order valence-electron chi connectivity index (χ3n) is 5.10. The third-order valence-corrected chi connectivity index (χ3v) is 6.35. The number of para-hydroxylation sites is 1. The number of nitrogens with zero attached hydrogens (tertiary/aromatic N) is 4. The zero-order valence-electron chi connectivity index (χ0n) is 17.1. The van der Waals surface area contributed by atoms with Crippen molar-refractivity contribution in [1.29, 1.82) is 0 Å². The highest BCUT2D eigenvalue weighted by atomic mass is 35.5. The molecule has 1 N–H and O–H groups in total. The highest BCUT2D eigenvalue weighted by molar-refractivity contribution is 7.99. The van der Waals surface area contributed by atoms with Crippen molar-refractivity contribution in [3.05, 3.63) is 58.6 Å². The molecule has 0 unspecified atom stereocenters. The summed E-state index contributed by atoms with van der Waals surface area (Å²) in [5, 5.41) is 13.1. The quantitative estimate of drug-likeness (QED) is 0.553. The first-order valence-electron chi connectivity index (χ1n) is 9.98. The maximum absolute atomic E-state index is 12.6. The average molecular weight is 442 g/mol. The van der Waals surface area contributed by atoms with Crippen molar-refractivity contribution in [3.8, 4) is 5.69 Å². The Kier molecular flexibility index (Phi) is 6.29. The summed E-state index contributed by atoms with van der Waals surface area (Å²) in [7, 11) is 0. The summed E-state index contributed by atoms with van der Waals surface area (Å²) in [6, 6.07) is 13.7. The van der Waals surface area contributed by atoms with Gasteiger partial charge in [-0.3, -0.25) is 9.36 Å². The van der Waals surface area contributed by atoms with E-state index in [1.54, 1.807) is 0 Å². The Labute approximate surface area is 185 Å². The summed E-state index contributed by atoms with van der Waals surface area (Å²) >= 11 is 7.84.